The number of nitrogens with zero attached hydrogens (tertiary/aromatic N) is 5. The molecule has 3 heterocycles. The number of rotatable bonds is 5. The zero-order valence-electron chi connectivity index (χ0n) is 16.5. The lowest BCUT2D eigenvalue weighted by molar-refractivity contribution is 0.208. The van der Waals surface area contributed by atoms with Gasteiger partial charge in [0.15, 0.2) is 5.65 Å². The lowest BCUT2D eigenvalue weighted by atomic mass is 10.00. The van der Waals surface area contributed by atoms with Crippen molar-refractivity contribution in [3.8, 4) is 28.5 Å². The minimum absolute atomic E-state index is 0.379. The molecule has 7 nitrogen and oxygen atoms in total. The molecule has 0 saturated carbocycles. The number of nitriles is 1. The van der Waals surface area contributed by atoms with Crippen molar-refractivity contribution in [3.05, 3.63) is 65.1 Å². The fourth-order valence-corrected chi connectivity index (χ4v) is 3.51. The molecule has 4 rings (SSSR count). The molecule has 0 fully saturated rings. The standard InChI is InChI=1S/C22H19ClN6O/c1-13-8-17(10-18(23)26-13)20-21(16-5-3-4-15(9-16)11-24)28-29-7-6-19(27-22(20)29)25-12-14(2)30/h3-10,14,30H,12H2,1-2H3,(H,25,27)/t14-/m1/s1. The van der Waals surface area contributed by atoms with Gasteiger partial charge in [-0.1, -0.05) is 23.7 Å². The molecule has 0 radical (unpaired) electrons. The number of aliphatic hydroxyl groups is 1. The molecule has 0 saturated heterocycles. The molecule has 0 aliphatic carbocycles. The number of aryl methyl sites for hydroxylation is 1. The molecule has 1 aromatic carbocycles. The van der Waals surface area contributed by atoms with Crippen molar-refractivity contribution in [2.45, 2.75) is 20.0 Å². The Morgan fingerprint density at radius 1 is 1.20 bits per heavy atom. The van der Waals surface area contributed by atoms with Crippen molar-refractivity contribution >= 4 is 23.1 Å². The third-order valence-corrected chi connectivity index (χ3v) is 4.73. The summed E-state index contributed by atoms with van der Waals surface area (Å²) in [7, 11) is 0. The Bertz CT molecular complexity index is 1250. The molecular formula is C22H19ClN6O. The minimum Gasteiger partial charge on any atom is -0.392 e. The Morgan fingerprint density at radius 3 is 2.77 bits per heavy atom. The lowest BCUT2D eigenvalue weighted by Crippen LogP contribution is -2.16. The zero-order chi connectivity index (χ0) is 21.3. The van der Waals surface area contributed by atoms with Gasteiger partial charge in [-0.2, -0.15) is 10.4 Å². The van der Waals surface area contributed by atoms with E-state index in [1.54, 1.807) is 35.7 Å². The number of nitrogens with one attached hydrogen (secondary N) is 1. The summed E-state index contributed by atoms with van der Waals surface area (Å²) >= 11 is 6.24. The third kappa shape index (κ3) is 3.96. The molecular weight excluding hydrogens is 400 g/mol. The molecule has 0 aliphatic rings. The van der Waals surface area contributed by atoms with Gasteiger partial charge < -0.3 is 10.4 Å². The first-order chi connectivity index (χ1) is 14.4. The van der Waals surface area contributed by atoms with Crippen molar-refractivity contribution in [3.63, 3.8) is 0 Å². The maximum Gasteiger partial charge on any atom is 0.165 e. The first kappa shape index (κ1) is 19.8. The molecule has 150 valence electrons. The zero-order valence-corrected chi connectivity index (χ0v) is 17.2. The van der Waals surface area contributed by atoms with Gasteiger partial charge in [0.05, 0.1) is 23.3 Å². The van der Waals surface area contributed by atoms with Crippen molar-refractivity contribution in [1.82, 2.24) is 19.6 Å². The molecule has 0 spiro atoms. The third-order valence-electron chi connectivity index (χ3n) is 4.54. The molecule has 2 N–H and O–H groups in total. The Morgan fingerprint density at radius 2 is 2.03 bits per heavy atom. The van der Waals surface area contributed by atoms with Crippen LogP contribution >= 0.6 is 11.6 Å². The summed E-state index contributed by atoms with van der Waals surface area (Å²) in [5.74, 6) is 0.624. The highest BCUT2D eigenvalue weighted by Crippen LogP contribution is 2.36. The maximum absolute atomic E-state index is 9.57. The van der Waals surface area contributed by atoms with Crippen molar-refractivity contribution in [2.75, 3.05) is 11.9 Å². The van der Waals surface area contributed by atoms with Crippen LogP contribution < -0.4 is 5.32 Å². The summed E-state index contributed by atoms with van der Waals surface area (Å²) in [5.41, 5.74) is 5.07. The van der Waals surface area contributed by atoms with E-state index in [1.165, 1.54) is 0 Å². The van der Waals surface area contributed by atoms with E-state index in [4.69, 9.17) is 21.7 Å². The molecule has 4 aromatic rings. The number of fused-ring (bicyclic) bond motifs is 1. The van der Waals surface area contributed by atoms with Gasteiger partial charge >= 0.3 is 0 Å². The second kappa shape index (κ2) is 8.11. The number of hydrogen-bond acceptors (Lipinski definition) is 6. The quantitative estimate of drug-likeness (QED) is 0.474. The van der Waals surface area contributed by atoms with E-state index in [0.29, 0.717) is 34.4 Å². The summed E-state index contributed by atoms with van der Waals surface area (Å²) in [4.78, 5) is 8.98. The van der Waals surface area contributed by atoms with Crippen LogP contribution in [0.5, 0.6) is 0 Å². The van der Waals surface area contributed by atoms with Gasteiger partial charge in [0.1, 0.15) is 16.7 Å². The van der Waals surface area contributed by atoms with Crippen LogP contribution in [-0.4, -0.2) is 37.3 Å². The van der Waals surface area contributed by atoms with Crippen LogP contribution in [0.15, 0.2) is 48.7 Å². The average Bonchev–Trinajstić information content (AvgIpc) is 3.10. The van der Waals surface area contributed by atoms with E-state index in [-0.39, 0.29) is 0 Å². The predicted molar refractivity (Wildman–Crippen MR) is 116 cm³/mol. The van der Waals surface area contributed by atoms with Crippen LogP contribution in [0.25, 0.3) is 28.0 Å². The Balaban J connectivity index is 1.97. The Hall–Kier alpha value is -3.47. The van der Waals surface area contributed by atoms with Gasteiger partial charge in [0.2, 0.25) is 0 Å². The van der Waals surface area contributed by atoms with Crippen molar-refractivity contribution in [2.24, 2.45) is 0 Å². The number of anilines is 1. The minimum atomic E-state index is -0.502. The van der Waals surface area contributed by atoms with E-state index in [9.17, 15) is 10.4 Å². The first-order valence-electron chi connectivity index (χ1n) is 9.41. The van der Waals surface area contributed by atoms with Crippen LogP contribution in [0.3, 0.4) is 0 Å². The SMILES string of the molecule is Cc1cc(-c2c(-c3cccc(C#N)c3)nn3ccc(NC[C@@H](C)O)nc23)cc(Cl)n1. The Labute approximate surface area is 178 Å². The van der Waals surface area contributed by atoms with E-state index in [1.807, 2.05) is 31.3 Å². The summed E-state index contributed by atoms with van der Waals surface area (Å²) in [6, 6.07) is 15.0. The van der Waals surface area contributed by atoms with Gasteiger partial charge in [0.25, 0.3) is 0 Å². The maximum atomic E-state index is 9.57. The molecule has 0 amide bonds. The molecule has 8 heteroatoms. The van der Waals surface area contributed by atoms with Crippen LogP contribution in [0.1, 0.15) is 18.2 Å². The number of halogens is 1. The largest absolute Gasteiger partial charge is 0.392 e. The summed E-state index contributed by atoms with van der Waals surface area (Å²) < 4.78 is 1.70. The van der Waals surface area contributed by atoms with Crippen molar-refractivity contribution < 1.29 is 5.11 Å². The van der Waals surface area contributed by atoms with Crippen molar-refractivity contribution in [1.29, 1.82) is 5.26 Å². The predicted octanol–water partition coefficient (Wildman–Crippen LogP) is 4.08. The van der Waals surface area contributed by atoms with Gasteiger partial charge in [-0.25, -0.2) is 14.5 Å². The number of aliphatic hydroxyl groups excluding tert-OH is 1. The molecule has 0 bridgehead atoms. The normalized spacial score (nSPS) is 12.0. The monoisotopic (exact) mass is 418 g/mol. The number of aromatic nitrogens is 4. The number of pyridine rings is 1. The highest BCUT2D eigenvalue weighted by Gasteiger charge is 2.19. The molecule has 3 aromatic heterocycles. The Kier molecular flexibility index (Phi) is 5.36. The number of hydrogen-bond donors (Lipinski definition) is 2. The van der Waals surface area contributed by atoms with E-state index < -0.39 is 6.10 Å². The van der Waals surface area contributed by atoms with Crippen LogP contribution in [0.2, 0.25) is 5.15 Å². The second-order valence-electron chi connectivity index (χ2n) is 7.05. The average molecular weight is 419 g/mol. The van der Waals surface area contributed by atoms with Crippen LogP contribution in [0.4, 0.5) is 5.82 Å². The topological polar surface area (TPSA) is 99.1 Å². The summed E-state index contributed by atoms with van der Waals surface area (Å²) in [6.45, 7) is 3.96. The van der Waals surface area contributed by atoms with E-state index >= 15 is 0 Å². The molecule has 30 heavy (non-hydrogen) atoms. The molecule has 0 aliphatic heterocycles. The highest BCUT2D eigenvalue weighted by molar-refractivity contribution is 6.29. The van der Waals surface area contributed by atoms with E-state index in [2.05, 4.69) is 16.4 Å². The molecule has 1 atom stereocenters. The smallest absolute Gasteiger partial charge is 0.165 e. The molecule has 0 unspecified atom stereocenters. The lowest BCUT2D eigenvalue weighted by Gasteiger charge is -2.09. The van der Waals surface area contributed by atoms with Crippen LogP contribution in [0, 0.1) is 18.3 Å². The van der Waals surface area contributed by atoms with Crippen LogP contribution in [-0.2, 0) is 0 Å². The van der Waals surface area contributed by atoms with Gasteiger partial charge in [0, 0.05) is 24.0 Å². The number of benzene rings is 1. The fourth-order valence-electron chi connectivity index (χ4n) is 3.26. The first-order valence-corrected chi connectivity index (χ1v) is 9.79. The van der Waals surface area contributed by atoms with Gasteiger partial charge in [-0.3, -0.25) is 0 Å². The summed E-state index contributed by atoms with van der Waals surface area (Å²) in [6.07, 6.45) is 1.31. The van der Waals surface area contributed by atoms with Gasteiger partial charge in [-0.15, -0.1) is 0 Å². The van der Waals surface area contributed by atoms with Gasteiger partial charge in [-0.05, 0) is 49.7 Å². The highest BCUT2D eigenvalue weighted by atomic mass is 35.5. The fraction of sp³-hybridized carbons (Fsp3) is 0.182. The van der Waals surface area contributed by atoms with E-state index in [0.717, 1.165) is 22.4 Å². The summed E-state index contributed by atoms with van der Waals surface area (Å²) in [5, 5.41) is 27.1. The second-order valence-corrected chi connectivity index (χ2v) is 7.43.